The average molecular weight is 365 g/mol. The third-order valence-corrected chi connectivity index (χ3v) is 5.76. The minimum atomic E-state index is 0.914. The van der Waals surface area contributed by atoms with Crippen molar-refractivity contribution in [1.82, 2.24) is 0 Å². The fourth-order valence-corrected chi connectivity index (χ4v) is 3.84. The van der Waals surface area contributed by atoms with Crippen LogP contribution >= 0.6 is 0 Å². The Morgan fingerprint density at radius 2 is 0.962 bits per heavy atom. The first-order valence-corrected chi connectivity index (χ1v) is 12.3. The van der Waals surface area contributed by atoms with Crippen LogP contribution in [0.2, 0.25) is 0 Å². The lowest BCUT2D eigenvalue weighted by Crippen LogP contribution is -1.94. The van der Waals surface area contributed by atoms with Gasteiger partial charge >= 0.3 is 0 Å². The van der Waals surface area contributed by atoms with Crippen molar-refractivity contribution in [2.24, 2.45) is 5.92 Å². The fraction of sp³-hybridized carbons (Fsp3) is 0.923. The molecule has 1 atom stereocenters. The van der Waals surface area contributed by atoms with E-state index in [0.29, 0.717) is 0 Å². The van der Waals surface area contributed by atoms with E-state index in [4.69, 9.17) is 0 Å². The minimum Gasteiger partial charge on any atom is -0.0859 e. The quantitative estimate of drug-likeness (QED) is 0.149. The van der Waals surface area contributed by atoms with E-state index in [0.717, 1.165) is 5.92 Å². The monoisotopic (exact) mass is 364 g/mol. The number of hydrogen-bond donors (Lipinski definition) is 0. The molecule has 0 aromatic rings. The van der Waals surface area contributed by atoms with Gasteiger partial charge in [0.25, 0.3) is 0 Å². The number of unbranched alkanes of at least 4 members (excludes halogenated alkanes) is 15. The van der Waals surface area contributed by atoms with E-state index in [2.05, 4.69) is 33.8 Å². The zero-order valence-electron chi connectivity index (χ0n) is 19.1. The van der Waals surface area contributed by atoms with Gasteiger partial charge in [0.15, 0.2) is 0 Å². The van der Waals surface area contributed by atoms with E-state index >= 15 is 0 Å². The number of rotatable bonds is 20. The fourth-order valence-electron chi connectivity index (χ4n) is 3.84. The molecule has 0 N–H and O–H groups in total. The first-order chi connectivity index (χ1) is 12.7. The van der Waals surface area contributed by atoms with Gasteiger partial charge in [0.2, 0.25) is 0 Å². The number of allylic oxidation sites excluding steroid dienone is 2. The summed E-state index contributed by atoms with van der Waals surface area (Å²) in [6, 6.07) is 0. The molecule has 0 aromatic heterocycles. The summed E-state index contributed by atoms with van der Waals surface area (Å²) in [6.45, 7) is 9.15. The van der Waals surface area contributed by atoms with Crippen LogP contribution in [0.15, 0.2) is 11.6 Å². The van der Waals surface area contributed by atoms with Crippen molar-refractivity contribution in [2.75, 3.05) is 0 Å². The van der Waals surface area contributed by atoms with Crippen LogP contribution in [0, 0.1) is 5.92 Å². The molecule has 0 aliphatic carbocycles. The maximum absolute atomic E-state index is 2.43. The van der Waals surface area contributed by atoms with Crippen molar-refractivity contribution in [2.45, 2.75) is 150 Å². The predicted octanol–water partition coefficient (Wildman–Crippen LogP) is 10.0. The molecule has 26 heavy (non-hydrogen) atoms. The summed E-state index contributed by atoms with van der Waals surface area (Å²) < 4.78 is 0. The molecule has 0 fully saturated rings. The van der Waals surface area contributed by atoms with Gasteiger partial charge in [-0.2, -0.15) is 0 Å². The molecular weight excluding hydrogens is 312 g/mol. The molecule has 0 saturated heterocycles. The molecular formula is C26H52. The molecule has 0 bridgehead atoms. The molecule has 0 heterocycles. The highest BCUT2D eigenvalue weighted by Crippen LogP contribution is 2.18. The molecule has 156 valence electrons. The number of hydrogen-bond acceptors (Lipinski definition) is 0. The topological polar surface area (TPSA) is 0 Å². The Labute approximate surface area is 167 Å². The van der Waals surface area contributed by atoms with Crippen molar-refractivity contribution in [1.29, 1.82) is 0 Å². The second kappa shape index (κ2) is 21.0. The highest BCUT2D eigenvalue weighted by molar-refractivity contribution is 4.92. The summed E-state index contributed by atoms with van der Waals surface area (Å²) in [5.74, 6) is 0.914. The van der Waals surface area contributed by atoms with Crippen LogP contribution in [-0.2, 0) is 0 Å². The third kappa shape index (κ3) is 21.8. The summed E-state index contributed by atoms with van der Waals surface area (Å²) >= 11 is 0. The SMILES string of the molecule is CCCCCCCCCCCCCCCCCC[C@H](C)CCC=C(C)C. The van der Waals surface area contributed by atoms with Crippen molar-refractivity contribution >= 4 is 0 Å². The van der Waals surface area contributed by atoms with Crippen LogP contribution in [0.3, 0.4) is 0 Å². The Hall–Kier alpha value is -0.260. The first kappa shape index (κ1) is 25.7. The molecule has 0 saturated carbocycles. The van der Waals surface area contributed by atoms with Gasteiger partial charge in [-0.05, 0) is 32.6 Å². The first-order valence-electron chi connectivity index (χ1n) is 12.3. The van der Waals surface area contributed by atoms with Crippen LogP contribution in [0.4, 0.5) is 0 Å². The Morgan fingerprint density at radius 3 is 1.35 bits per heavy atom. The van der Waals surface area contributed by atoms with Crippen LogP contribution in [0.5, 0.6) is 0 Å². The molecule has 0 heteroatoms. The zero-order chi connectivity index (χ0) is 19.3. The lowest BCUT2D eigenvalue weighted by Gasteiger charge is -2.09. The van der Waals surface area contributed by atoms with Crippen molar-refractivity contribution < 1.29 is 0 Å². The van der Waals surface area contributed by atoms with Crippen LogP contribution in [0.1, 0.15) is 150 Å². The maximum atomic E-state index is 2.43. The highest BCUT2D eigenvalue weighted by Gasteiger charge is 2.01. The van der Waals surface area contributed by atoms with Gasteiger partial charge in [-0.1, -0.05) is 135 Å². The summed E-state index contributed by atoms with van der Waals surface area (Å²) in [6.07, 6.45) is 30.0. The van der Waals surface area contributed by atoms with Crippen molar-refractivity contribution in [3.63, 3.8) is 0 Å². The Balaban J connectivity index is 3.12. The summed E-state index contributed by atoms with van der Waals surface area (Å²) in [7, 11) is 0. The summed E-state index contributed by atoms with van der Waals surface area (Å²) in [5.41, 5.74) is 1.47. The van der Waals surface area contributed by atoms with Gasteiger partial charge in [0.1, 0.15) is 0 Å². The normalized spacial score (nSPS) is 12.3. The Morgan fingerprint density at radius 1 is 0.577 bits per heavy atom. The zero-order valence-corrected chi connectivity index (χ0v) is 19.1. The minimum absolute atomic E-state index is 0.914. The third-order valence-electron chi connectivity index (χ3n) is 5.76. The lowest BCUT2D eigenvalue weighted by molar-refractivity contribution is 0.456. The van der Waals surface area contributed by atoms with E-state index in [-0.39, 0.29) is 0 Å². The van der Waals surface area contributed by atoms with E-state index in [1.54, 1.807) is 0 Å². The highest BCUT2D eigenvalue weighted by atomic mass is 14.1. The van der Waals surface area contributed by atoms with Crippen LogP contribution in [-0.4, -0.2) is 0 Å². The Bertz CT molecular complexity index is 284. The molecule has 0 amide bonds. The van der Waals surface area contributed by atoms with E-state index in [1.165, 1.54) is 128 Å². The van der Waals surface area contributed by atoms with E-state index in [9.17, 15) is 0 Å². The van der Waals surface area contributed by atoms with Gasteiger partial charge in [0.05, 0.1) is 0 Å². The Kier molecular flexibility index (Phi) is 20.8. The van der Waals surface area contributed by atoms with E-state index in [1.807, 2.05) is 0 Å². The molecule has 0 aliphatic rings. The van der Waals surface area contributed by atoms with Gasteiger partial charge in [-0.25, -0.2) is 0 Å². The van der Waals surface area contributed by atoms with Gasteiger partial charge in [-0.3, -0.25) is 0 Å². The summed E-state index contributed by atoms with van der Waals surface area (Å²) in [5, 5.41) is 0. The predicted molar refractivity (Wildman–Crippen MR) is 122 cm³/mol. The second-order valence-corrected chi connectivity index (χ2v) is 9.06. The standard InChI is InChI=1S/C26H52/c1-5-6-7-8-9-10-11-12-13-14-15-16-17-18-19-20-23-26(4)24-21-22-25(2)3/h22,26H,5-21,23-24H2,1-4H3/t26-/m0/s1. The van der Waals surface area contributed by atoms with Gasteiger partial charge in [0, 0.05) is 0 Å². The van der Waals surface area contributed by atoms with Crippen molar-refractivity contribution in [3.05, 3.63) is 11.6 Å². The average Bonchev–Trinajstić information content (AvgIpc) is 2.61. The van der Waals surface area contributed by atoms with Gasteiger partial charge < -0.3 is 0 Å². The second-order valence-electron chi connectivity index (χ2n) is 9.06. The summed E-state index contributed by atoms with van der Waals surface area (Å²) in [4.78, 5) is 0. The molecule has 0 aliphatic heterocycles. The molecule has 0 nitrogen and oxygen atoms in total. The van der Waals surface area contributed by atoms with Crippen LogP contribution < -0.4 is 0 Å². The molecule has 0 rings (SSSR count). The van der Waals surface area contributed by atoms with Crippen molar-refractivity contribution in [3.8, 4) is 0 Å². The van der Waals surface area contributed by atoms with Gasteiger partial charge in [-0.15, -0.1) is 0 Å². The maximum Gasteiger partial charge on any atom is -0.0346 e. The molecule has 0 aromatic carbocycles. The van der Waals surface area contributed by atoms with Crippen LogP contribution in [0.25, 0.3) is 0 Å². The largest absolute Gasteiger partial charge is 0.0859 e. The molecule has 0 radical (unpaired) electrons. The smallest absolute Gasteiger partial charge is 0.0346 e. The lowest BCUT2D eigenvalue weighted by atomic mass is 9.97. The van der Waals surface area contributed by atoms with E-state index < -0.39 is 0 Å². The molecule has 0 spiro atoms. The molecule has 0 unspecified atom stereocenters.